The lowest BCUT2D eigenvalue weighted by Gasteiger charge is -2.52. The van der Waals surface area contributed by atoms with Crippen LogP contribution in [-0.2, 0) is 19.8 Å². The standard InChI is InChI=1S/C26H18ClNO3/c1-14(29)26-17-10-4-2-8-15(17)21(16-9-3-5-11-18(16)26)22-23(26)25(31)28(24(22)30)20-13-7-6-12-19(20)27/h2-13,21-23H,1H3/t21?,22-,23+,26?/m1/s1. The Morgan fingerprint density at radius 2 is 1.39 bits per heavy atom. The molecule has 1 aliphatic heterocycles. The molecule has 152 valence electrons. The van der Waals surface area contributed by atoms with Gasteiger partial charge in [-0.3, -0.25) is 14.4 Å². The molecule has 7 rings (SSSR count). The van der Waals surface area contributed by atoms with Gasteiger partial charge < -0.3 is 0 Å². The molecule has 0 saturated carbocycles. The lowest BCUT2D eigenvalue weighted by atomic mass is 9.46. The molecular formula is C26H18ClNO3. The van der Waals surface area contributed by atoms with E-state index in [4.69, 9.17) is 11.6 Å². The second kappa shape index (κ2) is 6.14. The second-order valence-corrected chi connectivity index (χ2v) is 8.89. The first-order valence-corrected chi connectivity index (χ1v) is 10.7. The maximum atomic E-state index is 13.9. The minimum absolute atomic E-state index is 0.122. The highest BCUT2D eigenvalue weighted by atomic mass is 35.5. The van der Waals surface area contributed by atoms with Crippen LogP contribution in [0, 0.1) is 11.8 Å². The van der Waals surface area contributed by atoms with Gasteiger partial charge in [-0.15, -0.1) is 0 Å². The molecule has 1 saturated heterocycles. The summed E-state index contributed by atoms with van der Waals surface area (Å²) in [5.74, 6) is -2.47. The zero-order chi connectivity index (χ0) is 21.5. The van der Waals surface area contributed by atoms with Crippen LogP contribution in [-0.4, -0.2) is 17.6 Å². The fraction of sp³-hybridized carbons (Fsp3) is 0.192. The third-order valence-corrected chi connectivity index (χ3v) is 7.59. The van der Waals surface area contributed by atoms with E-state index in [9.17, 15) is 14.4 Å². The molecule has 2 bridgehead atoms. The van der Waals surface area contributed by atoms with Crippen molar-refractivity contribution in [1.29, 1.82) is 0 Å². The summed E-state index contributed by atoms with van der Waals surface area (Å²) in [6.45, 7) is 1.53. The van der Waals surface area contributed by atoms with Crippen LogP contribution >= 0.6 is 11.6 Å². The topological polar surface area (TPSA) is 54.5 Å². The van der Waals surface area contributed by atoms with Crippen molar-refractivity contribution in [3.05, 3.63) is 100 Å². The Bertz CT molecular complexity index is 1270. The van der Waals surface area contributed by atoms with Gasteiger partial charge in [-0.05, 0) is 41.3 Å². The smallest absolute Gasteiger partial charge is 0.239 e. The Morgan fingerprint density at radius 3 is 1.97 bits per heavy atom. The second-order valence-electron chi connectivity index (χ2n) is 8.48. The van der Waals surface area contributed by atoms with Gasteiger partial charge in [-0.1, -0.05) is 72.3 Å². The van der Waals surface area contributed by atoms with Crippen LogP contribution < -0.4 is 4.90 Å². The van der Waals surface area contributed by atoms with Crippen LogP contribution in [0.3, 0.4) is 0 Å². The maximum Gasteiger partial charge on any atom is 0.239 e. The highest BCUT2D eigenvalue weighted by Crippen LogP contribution is 2.64. The number of hydrogen-bond donors (Lipinski definition) is 0. The van der Waals surface area contributed by atoms with Crippen LogP contribution in [0.25, 0.3) is 0 Å². The molecule has 2 atom stereocenters. The van der Waals surface area contributed by atoms with Gasteiger partial charge >= 0.3 is 0 Å². The maximum absolute atomic E-state index is 13.9. The van der Waals surface area contributed by atoms with Gasteiger partial charge in [-0.2, -0.15) is 0 Å². The number of halogens is 1. The molecule has 1 heterocycles. The number of anilines is 1. The van der Waals surface area contributed by atoms with Gasteiger partial charge in [0.05, 0.1) is 28.0 Å². The van der Waals surface area contributed by atoms with Crippen LogP contribution in [0.1, 0.15) is 35.1 Å². The summed E-state index contributed by atoms with van der Waals surface area (Å²) < 4.78 is 0. The monoisotopic (exact) mass is 427 g/mol. The normalized spacial score (nSPS) is 27.7. The Hall–Kier alpha value is -3.24. The Morgan fingerprint density at radius 1 is 0.839 bits per heavy atom. The van der Waals surface area contributed by atoms with Crippen molar-refractivity contribution in [3.8, 4) is 0 Å². The van der Waals surface area contributed by atoms with E-state index in [-0.39, 0.29) is 23.5 Å². The molecule has 3 aromatic carbocycles. The number of carbonyl (C=O) groups excluding carboxylic acids is 3. The lowest BCUT2D eigenvalue weighted by molar-refractivity contribution is -0.132. The van der Waals surface area contributed by atoms with Crippen molar-refractivity contribution in [2.75, 3.05) is 4.90 Å². The quantitative estimate of drug-likeness (QED) is 0.566. The van der Waals surface area contributed by atoms with Crippen molar-refractivity contribution >= 4 is 34.9 Å². The summed E-state index contributed by atoms with van der Waals surface area (Å²) in [6.07, 6.45) is 0. The van der Waals surface area contributed by atoms with Gasteiger partial charge in [0.1, 0.15) is 5.78 Å². The van der Waals surface area contributed by atoms with Gasteiger partial charge in [0.15, 0.2) is 0 Å². The number of hydrogen-bond acceptors (Lipinski definition) is 3. The third-order valence-electron chi connectivity index (χ3n) is 7.27. The van der Waals surface area contributed by atoms with Crippen molar-refractivity contribution < 1.29 is 14.4 Å². The number of para-hydroxylation sites is 1. The minimum Gasteiger partial charge on any atom is -0.299 e. The van der Waals surface area contributed by atoms with E-state index < -0.39 is 17.3 Å². The first kappa shape index (κ1) is 18.5. The van der Waals surface area contributed by atoms with Crippen molar-refractivity contribution in [2.24, 2.45) is 11.8 Å². The first-order chi connectivity index (χ1) is 15.0. The minimum atomic E-state index is -1.19. The zero-order valence-electron chi connectivity index (χ0n) is 16.7. The third kappa shape index (κ3) is 2.04. The highest BCUT2D eigenvalue weighted by molar-refractivity contribution is 6.36. The molecule has 3 aliphatic carbocycles. The number of Topliss-reactive ketones (excluding diaryl/α,β-unsaturated/α-hetero) is 1. The molecule has 4 aliphatic rings. The van der Waals surface area contributed by atoms with E-state index >= 15 is 0 Å². The molecule has 0 radical (unpaired) electrons. The summed E-state index contributed by atoms with van der Waals surface area (Å²) >= 11 is 6.38. The molecule has 0 aromatic heterocycles. The van der Waals surface area contributed by atoms with E-state index in [1.54, 1.807) is 24.3 Å². The summed E-state index contributed by atoms with van der Waals surface area (Å²) in [4.78, 5) is 42.4. The molecule has 5 heteroatoms. The van der Waals surface area contributed by atoms with E-state index in [1.165, 1.54) is 11.8 Å². The molecular weight excluding hydrogens is 410 g/mol. The van der Waals surface area contributed by atoms with E-state index in [0.29, 0.717) is 10.7 Å². The van der Waals surface area contributed by atoms with Gasteiger partial charge in [0, 0.05) is 5.92 Å². The van der Waals surface area contributed by atoms with Crippen LogP contribution in [0.15, 0.2) is 72.8 Å². The fourth-order valence-corrected chi connectivity index (χ4v) is 6.46. The predicted molar refractivity (Wildman–Crippen MR) is 117 cm³/mol. The van der Waals surface area contributed by atoms with Gasteiger partial charge in [0.2, 0.25) is 11.8 Å². The molecule has 0 spiro atoms. The largest absolute Gasteiger partial charge is 0.299 e. The number of benzene rings is 3. The van der Waals surface area contributed by atoms with Crippen molar-refractivity contribution in [2.45, 2.75) is 18.3 Å². The average Bonchev–Trinajstić information content (AvgIpc) is 3.05. The van der Waals surface area contributed by atoms with Crippen molar-refractivity contribution in [1.82, 2.24) is 0 Å². The summed E-state index contributed by atoms with van der Waals surface area (Å²) in [5.41, 5.74) is 2.79. The first-order valence-electron chi connectivity index (χ1n) is 10.3. The molecule has 2 amide bonds. The van der Waals surface area contributed by atoms with E-state index in [1.807, 2.05) is 48.5 Å². The molecule has 0 unspecified atom stereocenters. The highest BCUT2D eigenvalue weighted by Gasteiger charge is 2.70. The molecule has 4 nitrogen and oxygen atoms in total. The number of ketones is 1. The SMILES string of the molecule is CC(=O)C12c3ccccc3C(c3ccccc31)[C@H]1C(=O)N(c3ccccc3Cl)C(=O)[C@H]12. The lowest BCUT2D eigenvalue weighted by Crippen LogP contribution is -2.57. The summed E-state index contributed by atoms with van der Waals surface area (Å²) in [6, 6.07) is 22.4. The number of rotatable bonds is 2. The summed E-state index contributed by atoms with van der Waals surface area (Å²) in [5, 5.41) is 0.335. The Labute approximate surface area is 184 Å². The Kier molecular flexibility index (Phi) is 3.67. The number of imide groups is 1. The van der Waals surface area contributed by atoms with E-state index in [0.717, 1.165) is 22.3 Å². The summed E-state index contributed by atoms with van der Waals surface area (Å²) in [7, 11) is 0. The number of amides is 2. The van der Waals surface area contributed by atoms with E-state index in [2.05, 4.69) is 0 Å². The average molecular weight is 428 g/mol. The van der Waals surface area contributed by atoms with Gasteiger partial charge in [-0.25, -0.2) is 4.90 Å². The number of nitrogens with zero attached hydrogens (tertiary/aromatic N) is 1. The molecule has 3 aromatic rings. The Balaban J connectivity index is 1.69. The number of carbonyl (C=O) groups is 3. The van der Waals surface area contributed by atoms with Gasteiger partial charge in [0.25, 0.3) is 0 Å². The van der Waals surface area contributed by atoms with Crippen LogP contribution in [0.5, 0.6) is 0 Å². The molecule has 0 N–H and O–H groups in total. The van der Waals surface area contributed by atoms with Crippen LogP contribution in [0.4, 0.5) is 5.69 Å². The fourth-order valence-electron chi connectivity index (χ4n) is 6.24. The molecule has 1 fully saturated rings. The predicted octanol–water partition coefficient (Wildman–Crippen LogP) is 4.48. The molecule has 31 heavy (non-hydrogen) atoms. The zero-order valence-corrected chi connectivity index (χ0v) is 17.5. The van der Waals surface area contributed by atoms with Crippen LogP contribution in [0.2, 0.25) is 5.02 Å². The van der Waals surface area contributed by atoms with Crippen molar-refractivity contribution in [3.63, 3.8) is 0 Å².